The van der Waals surface area contributed by atoms with E-state index in [2.05, 4.69) is 26.2 Å². The first-order chi connectivity index (χ1) is 6.61. The Bertz CT molecular complexity index is 394. The molecular formula is C9H10BrN3O. The molecule has 1 amide bonds. The number of nitrogens with one attached hydrogen (secondary N) is 1. The molecule has 74 valence electrons. The van der Waals surface area contributed by atoms with Crippen LogP contribution in [0.25, 0.3) is 0 Å². The minimum atomic E-state index is -0.152. The predicted octanol–water partition coefficient (Wildman–Crippen LogP) is 1.62. The molecular weight excluding hydrogens is 246 g/mol. The van der Waals surface area contributed by atoms with Gasteiger partial charge in [-0.2, -0.15) is 0 Å². The maximum atomic E-state index is 11.5. The largest absolute Gasteiger partial charge is 0.360 e. The third kappa shape index (κ3) is 1.28. The fourth-order valence-electron chi connectivity index (χ4n) is 1.48. The van der Waals surface area contributed by atoms with Crippen LogP contribution in [0.3, 0.4) is 0 Å². The van der Waals surface area contributed by atoms with Crippen molar-refractivity contribution in [3.05, 3.63) is 16.9 Å². The minimum absolute atomic E-state index is 0.0000926. The number of aromatic nitrogens is 1. The Hall–Kier alpha value is -1.10. The van der Waals surface area contributed by atoms with Crippen molar-refractivity contribution >= 4 is 33.2 Å². The van der Waals surface area contributed by atoms with Gasteiger partial charge in [0.25, 0.3) is 0 Å². The number of rotatable bonds is 0. The van der Waals surface area contributed by atoms with Gasteiger partial charge in [0.1, 0.15) is 6.04 Å². The lowest BCUT2D eigenvalue weighted by molar-refractivity contribution is -0.117. The van der Waals surface area contributed by atoms with E-state index < -0.39 is 0 Å². The topological polar surface area (TPSA) is 45.2 Å². The van der Waals surface area contributed by atoms with Crippen molar-refractivity contribution in [2.75, 3.05) is 17.3 Å². The first kappa shape index (κ1) is 9.45. The summed E-state index contributed by atoms with van der Waals surface area (Å²) >= 11 is 3.41. The maximum absolute atomic E-state index is 11.5. The highest BCUT2D eigenvalue weighted by Crippen LogP contribution is 2.36. The van der Waals surface area contributed by atoms with Gasteiger partial charge in [0.15, 0.2) is 0 Å². The van der Waals surface area contributed by atoms with Crippen LogP contribution >= 0.6 is 15.9 Å². The van der Waals surface area contributed by atoms with Crippen LogP contribution in [-0.2, 0) is 4.79 Å². The number of hydrogen-bond acceptors (Lipinski definition) is 3. The van der Waals surface area contributed by atoms with E-state index in [-0.39, 0.29) is 11.9 Å². The van der Waals surface area contributed by atoms with Crippen LogP contribution < -0.4 is 10.2 Å². The number of fused-ring (bicyclic) bond motifs is 1. The number of halogens is 1. The minimum Gasteiger partial charge on any atom is -0.360 e. The number of carbonyl (C=O) groups is 1. The van der Waals surface area contributed by atoms with E-state index in [0.29, 0.717) is 0 Å². The highest BCUT2D eigenvalue weighted by molar-refractivity contribution is 9.10. The summed E-state index contributed by atoms with van der Waals surface area (Å²) in [4.78, 5) is 17.4. The summed E-state index contributed by atoms with van der Waals surface area (Å²) in [7, 11) is 1.90. The lowest BCUT2D eigenvalue weighted by Crippen LogP contribution is -2.44. The average Bonchev–Trinajstić information content (AvgIpc) is 2.14. The predicted molar refractivity (Wildman–Crippen MR) is 58.4 cm³/mol. The van der Waals surface area contributed by atoms with Gasteiger partial charge in [-0.15, -0.1) is 0 Å². The molecule has 4 nitrogen and oxygen atoms in total. The lowest BCUT2D eigenvalue weighted by Gasteiger charge is -2.33. The molecule has 1 aromatic heterocycles. The first-order valence-electron chi connectivity index (χ1n) is 4.28. The Kier molecular flexibility index (Phi) is 2.19. The van der Waals surface area contributed by atoms with Gasteiger partial charge in [-0.25, -0.2) is 0 Å². The third-order valence-electron chi connectivity index (χ3n) is 2.44. The second-order valence-electron chi connectivity index (χ2n) is 3.29. The second kappa shape index (κ2) is 3.24. The van der Waals surface area contributed by atoms with Crippen LogP contribution in [0.15, 0.2) is 16.9 Å². The van der Waals surface area contributed by atoms with Crippen molar-refractivity contribution in [1.29, 1.82) is 0 Å². The molecule has 2 rings (SSSR count). The summed E-state index contributed by atoms with van der Waals surface area (Å²) < 4.78 is 0.893. The molecule has 1 N–H and O–H groups in total. The van der Waals surface area contributed by atoms with Gasteiger partial charge in [0, 0.05) is 13.2 Å². The molecule has 14 heavy (non-hydrogen) atoms. The molecule has 0 radical (unpaired) electrons. The first-order valence-corrected chi connectivity index (χ1v) is 5.07. The number of anilines is 2. The van der Waals surface area contributed by atoms with Gasteiger partial charge in [0.05, 0.1) is 22.0 Å². The molecule has 1 aliphatic rings. The molecule has 1 aromatic rings. The molecule has 0 saturated carbocycles. The van der Waals surface area contributed by atoms with Crippen molar-refractivity contribution in [2.24, 2.45) is 0 Å². The molecule has 5 heteroatoms. The van der Waals surface area contributed by atoms with E-state index in [1.54, 1.807) is 12.4 Å². The molecule has 2 heterocycles. The molecule has 0 aromatic carbocycles. The molecule has 0 spiro atoms. The summed E-state index contributed by atoms with van der Waals surface area (Å²) in [5.41, 5.74) is 1.73. The maximum Gasteiger partial charge on any atom is 0.246 e. The SMILES string of the molecule is C[C@@H]1C(=O)Nc2cncc(Br)c2N1C. The Labute approximate surface area is 90.4 Å². The van der Waals surface area contributed by atoms with Crippen LogP contribution in [0, 0.1) is 0 Å². The molecule has 0 bridgehead atoms. The van der Waals surface area contributed by atoms with Gasteiger partial charge in [-0.3, -0.25) is 9.78 Å². The van der Waals surface area contributed by atoms with Gasteiger partial charge in [0.2, 0.25) is 5.91 Å². The zero-order valence-electron chi connectivity index (χ0n) is 7.91. The summed E-state index contributed by atoms with van der Waals surface area (Å²) in [6.07, 6.45) is 3.37. The number of pyridine rings is 1. The Morgan fingerprint density at radius 3 is 3.00 bits per heavy atom. The van der Waals surface area contributed by atoms with Crippen molar-refractivity contribution in [2.45, 2.75) is 13.0 Å². The van der Waals surface area contributed by atoms with E-state index in [0.717, 1.165) is 15.8 Å². The molecule has 0 aliphatic carbocycles. The summed E-state index contributed by atoms with van der Waals surface area (Å²) in [6, 6.07) is -0.152. The van der Waals surface area contributed by atoms with Gasteiger partial charge in [-0.1, -0.05) is 0 Å². The lowest BCUT2D eigenvalue weighted by atomic mass is 10.1. The number of likely N-dealkylation sites (N-methyl/N-ethyl adjacent to an activating group) is 1. The summed E-state index contributed by atoms with van der Waals surface area (Å²) in [5, 5.41) is 2.81. The zero-order valence-corrected chi connectivity index (χ0v) is 9.50. The monoisotopic (exact) mass is 255 g/mol. The van der Waals surface area contributed by atoms with Crippen molar-refractivity contribution in [1.82, 2.24) is 4.98 Å². The van der Waals surface area contributed by atoms with E-state index in [4.69, 9.17) is 0 Å². The number of carbonyl (C=O) groups excluding carboxylic acids is 1. The zero-order chi connectivity index (χ0) is 10.3. The number of amides is 1. The van der Waals surface area contributed by atoms with Gasteiger partial charge in [-0.05, 0) is 22.9 Å². The highest BCUT2D eigenvalue weighted by atomic mass is 79.9. The fraction of sp³-hybridized carbons (Fsp3) is 0.333. The normalized spacial score (nSPS) is 20.4. The van der Waals surface area contributed by atoms with Crippen LogP contribution in [0.5, 0.6) is 0 Å². The van der Waals surface area contributed by atoms with Crippen molar-refractivity contribution in [3.8, 4) is 0 Å². The van der Waals surface area contributed by atoms with E-state index in [1.807, 2.05) is 18.9 Å². The summed E-state index contributed by atoms with van der Waals surface area (Å²) in [5.74, 6) is -0.0000926. The van der Waals surface area contributed by atoms with E-state index in [1.165, 1.54) is 0 Å². The van der Waals surface area contributed by atoms with Crippen molar-refractivity contribution < 1.29 is 4.79 Å². The van der Waals surface area contributed by atoms with Crippen LogP contribution in [0.4, 0.5) is 11.4 Å². The van der Waals surface area contributed by atoms with E-state index >= 15 is 0 Å². The van der Waals surface area contributed by atoms with Crippen LogP contribution in [0.1, 0.15) is 6.92 Å². The van der Waals surface area contributed by atoms with Crippen molar-refractivity contribution in [3.63, 3.8) is 0 Å². The molecule has 0 unspecified atom stereocenters. The second-order valence-corrected chi connectivity index (χ2v) is 4.15. The Balaban J connectivity index is 2.56. The highest BCUT2D eigenvalue weighted by Gasteiger charge is 2.28. The standard InChI is InChI=1S/C9H10BrN3O/c1-5-9(14)12-7-4-11-3-6(10)8(7)13(5)2/h3-5H,1-2H3,(H,12,14)/t5-/m1/s1. The Morgan fingerprint density at radius 1 is 1.57 bits per heavy atom. The third-order valence-corrected chi connectivity index (χ3v) is 3.02. The Morgan fingerprint density at radius 2 is 2.29 bits per heavy atom. The molecule has 0 fully saturated rings. The molecule has 0 saturated heterocycles. The number of nitrogens with zero attached hydrogens (tertiary/aromatic N) is 2. The van der Waals surface area contributed by atoms with Crippen LogP contribution in [0.2, 0.25) is 0 Å². The van der Waals surface area contributed by atoms with E-state index in [9.17, 15) is 4.79 Å². The van der Waals surface area contributed by atoms with Crippen LogP contribution in [-0.4, -0.2) is 24.0 Å². The quantitative estimate of drug-likeness (QED) is 0.767. The van der Waals surface area contributed by atoms with Gasteiger partial charge < -0.3 is 10.2 Å². The fourth-order valence-corrected chi connectivity index (χ4v) is 2.10. The molecule has 1 atom stereocenters. The smallest absolute Gasteiger partial charge is 0.246 e. The average molecular weight is 256 g/mol. The molecule has 1 aliphatic heterocycles. The number of hydrogen-bond donors (Lipinski definition) is 1. The summed E-state index contributed by atoms with van der Waals surface area (Å²) in [6.45, 7) is 1.87. The van der Waals surface area contributed by atoms with Gasteiger partial charge >= 0.3 is 0 Å².